The SMILES string of the molecule is Nc1ncnc2c1ncn2C1OC(CI)C(O)C1O. The van der Waals surface area contributed by atoms with Crippen molar-refractivity contribution in [2.45, 2.75) is 24.5 Å². The molecule has 0 spiro atoms. The lowest BCUT2D eigenvalue weighted by molar-refractivity contribution is -0.0283. The Hall–Kier alpha value is -1.04. The second-order valence-electron chi connectivity index (χ2n) is 4.28. The first-order valence-corrected chi connectivity index (χ1v) is 7.16. The lowest BCUT2D eigenvalue weighted by atomic mass is 10.1. The number of hydrogen-bond acceptors (Lipinski definition) is 7. The lowest BCUT2D eigenvalue weighted by Crippen LogP contribution is -2.32. The van der Waals surface area contributed by atoms with Crippen LogP contribution in [0, 0.1) is 0 Å². The van der Waals surface area contributed by atoms with E-state index in [2.05, 4.69) is 37.5 Å². The van der Waals surface area contributed by atoms with E-state index < -0.39 is 24.5 Å². The van der Waals surface area contributed by atoms with Crippen molar-refractivity contribution in [3.05, 3.63) is 12.7 Å². The molecular weight excluding hydrogens is 365 g/mol. The van der Waals surface area contributed by atoms with Gasteiger partial charge in [0.05, 0.1) is 12.4 Å². The Bertz CT molecular complexity index is 606. The maximum absolute atomic E-state index is 10.1. The minimum absolute atomic E-state index is 0.266. The summed E-state index contributed by atoms with van der Waals surface area (Å²) in [7, 11) is 0. The Morgan fingerprint density at radius 1 is 1.32 bits per heavy atom. The van der Waals surface area contributed by atoms with E-state index in [0.29, 0.717) is 15.6 Å². The van der Waals surface area contributed by atoms with E-state index in [1.54, 1.807) is 4.57 Å². The molecule has 4 unspecified atom stereocenters. The number of rotatable bonds is 2. The van der Waals surface area contributed by atoms with Gasteiger partial charge in [0.2, 0.25) is 0 Å². The minimum Gasteiger partial charge on any atom is -0.387 e. The number of imidazole rings is 1. The smallest absolute Gasteiger partial charge is 0.167 e. The Morgan fingerprint density at radius 3 is 2.79 bits per heavy atom. The zero-order chi connectivity index (χ0) is 13.6. The number of fused-ring (bicyclic) bond motifs is 1. The van der Waals surface area contributed by atoms with Gasteiger partial charge in [-0.25, -0.2) is 15.0 Å². The van der Waals surface area contributed by atoms with Gasteiger partial charge in [0.15, 0.2) is 17.7 Å². The highest BCUT2D eigenvalue weighted by molar-refractivity contribution is 14.1. The number of aliphatic hydroxyl groups excluding tert-OH is 2. The molecule has 3 heterocycles. The van der Waals surface area contributed by atoms with E-state index in [0.717, 1.165) is 0 Å². The molecule has 0 aliphatic carbocycles. The average molecular weight is 377 g/mol. The van der Waals surface area contributed by atoms with Crippen molar-refractivity contribution in [2.24, 2.45) is 0 Å². The number of nitrogens with zero attached hydrogens (tertiary/aromatic N) is 4. The number of nitrogen functional groups attached to an aromatic ring is 1. The van der Waals surface area contributed by atoms with E-state index in [1.165, 1.54) is 12.7 Å². The molecule has 3 rings (SSSR count). The van der Waals surface area contributed by atoms with Crippen LogP contribution >= 0.6 is 22.6 Å². The van der Waals surface area contributed by atoms with Crippen LogP contribution in [-0.2, 0) is 4.74 Å². The number of aromatic nitrogens is 4. The molecule has 0 saturated carbocycles. The van der Waals surface area contributed by atoms with Crippen LogP contribution in [0.1, 0.15) is 6.23 Å². The first-order valence-electron chi connectivity index (χ1n) is 5.64. The number of ether oxygens (including phenoxy) is 1. The second kappa shape index (κ2) is 4.81. The Labute approximate surface area is 121 Å². The van der Waals surface area contributed by atoms with Crippen molar-refractivity contribution in [3.63, 3.8) is 0 Å². The predicted molar refractivity (Wildman–Crippen MR) is 74.5 cm³/mol. The molecule has 19 heavy (non-hydrogen) atoms. The van der Waals surface area contributed by atoms with Crippen LogP contribution in [0.25, 0.3) is 11.2 Å². The van der Waals surface area contributed by atoms with Crippen LogP contribution in [0.5, 0.6) is 0 Å². The van der Waals surface area contributed by atoms with Crippen LogP contribution in [0.15, 0.2) is 12.7 Å². The van der Waals surface area contributed by atoms with Gasteiger partial charge in [-0.2, -0.15) is 0 Å². The van der Waals surface area contributed by atoms with Crippen molar-refractivity contribution in [3.8, 4) is 0 Å². The maximum Gasteiger partial charge on any atom is 0.167 e. The molecule has 1 saturated heterocycles. The molecule has 0 radical (unpaired) electrons. The van der Waals surface area contributed by atoms with Crippen LogP contribution in [0.3, 0.4) is 0 Å². The Morgan fingerprint density at radius 2 is 2.11 bits per heavy atom. The molecule has 102 valence electrons. The first-order chi connectivity index (χ1) is 9.13. The second-order valence-corrected chi connectivity index (χ2v) is 5.16. The van der Waals surface area contributed by atoms with Gasteiger partial charge in [0.1, 0.15) is 24.1 Å². The molecule has 0 bridgehead atoms. The van der Waals surface area contributed by atoms with Crippen molar-refractivity contribution >= 4 is 39.6 Å². The van der Waals surface area contributed by atoms with Crippen molar-refractivity contribution in [1.29, 1.82) is 0 Å². The van der Waals surface area contributed by atoms with Gasteiger partial charge in [-0.15, -0.1) is 0 Å². The summed E-state index contributed by atoms with van der Waals surface area (Å²) >= 11 is 2.10. The topological polar surface area (TPSA) is 119 Å². The predicted octanol–water partition coefficient (Wildman–Crippen LogP) is -0.537. The minimum atomic E-state index is -1.03. The molecule has 1 aliphatic heterocycles. The summed E-state index contributed by atoms with van der Waals surface area (Å²) < 4.78 is 7.78. The number of anilines is 1. The van der Waals surface area contributed by atoms with Gasteiger partial charge >= 0.3 is 0 Å². The molecule has 0 aromatic carbocycles. The quantitative estimate of drug-likeness (QED) is 0.475. The van der Waals surface area contributed by atoms with Crippen molar-refractivity contribution < 1.29 is 14.9 Å². The van der Waals surface area contributed by atoms with Gasteiger partial charge in [0.25, 0.3) is 0 Å². The van der Waals surface area contributed by atoms with E-state index in [9.17, 15) is 10.2 Å². The number of hydrogen-bond donors (Lipinski definition) is 3. The summed E-state index contributed by atoms with van der Waals surface area (Å²) in [5.74, 6) is 0.266. The molecule has 2 aromatic rings. The van der Waals surface area contributed by atoms with Gasteiger partial charge in [-0.1, -0.05) is 22.6 Å². The van der Waals surface area contributed by atoms with Gasteiger partial charge in [0, 0.05) is 4.43 Å². The largest absolute Gasteiger partial charge is 0.387 e. The highest BCUT2D eigenvalue weighted by atomic mass is 127. The summed E-state index contributed by atoms with van der Waals surface area (Å²) in [6.45, 7) is 0. The van der Waals surface area contributed by atoms with E-state index in [1.807, 2.05) is 0 Å². The fourth-order valence-electron chi connectivity index (χ4n) is 2.14. The van der Waals surface area contributed by atoms with E-state index in [4.69, 9.17) is 10.5 Å². The average Bonchev–Trinajstić information content (AvgIpc) is 2.94. The van der Waals surface area contributed by atoms with E-state index in [-0.39, 0.29) is 5.82 Å². The highest BCUT2D eigenvalue weighted by Gasteiger charge is 2.43. The van der Waals surface area contributed by atoms with E-state index >= 15 is 0 Å². The summed E-state index contributed by atoms with van der Waals surface area (Å²) in [4.78, 5) is 12.1. The van der Waals surface area contributed by atoms with Crippen LogP contribution in [0.4, 0.5) is 5.82 Å². The molecular formula is C10H12IN5O3. The number of aliphatic hydroxyl groups is 2. The molecule has 0 amide bonds. The normalized spacial score (nSPS) is 31.1. The van der Waals surface area contributed by atoms with Crippen molar-refractivity contribution in [1.82, 2.24) is 19.5 Å². The van der Waals surface area contributed by atoms with Crippen LogP contribution in [-0.4, -0.2) is 52.5 Å². The number of nitrogens with two attached hydrogens (primary N) is 1. The lowest BCUT2D eigenvalue weighted by Gasteiger charge is -2.16. The standard InChI is InChI=1S/C10H12IN5O3/c11-1-4-6(17)7(18)10(19-4)16-3-15-5-8(12)13-2-14-9(5)16/h2-4,6-7,10,17-18H,1H2,(H2,12,13,14). The maximum atomic E-state index is 10.1. The third-order valence-corrected chi connectivity index (χ3v) is 4.02. The number of alkyl halides is 1. The molecule has 1 aliphatic rings. The van der Waals surface area contributed by atoms with Crippen molar-refractivity contribution in [2.75, 3.05) is 10.2 Å². The molecule has 1 fully saturated rings. The fraction of sp³-hybridized carbons (Fsp3) is 0.500. The first kappa shape index (κ1) is 13.0. The zero-order valence-corrected chi connectivity index (χ0v) is 11.9. The fourth-order valence-corrected chi connectivity index (χ4v) is 2.87. The van der Waals surface area contributed by atoms with Gasteiger partial charge in [-0.05, 0) is 0 Å². The monoisotopic (exact) mass is 377 g/mol. The third-order valence-electron chi connectivity index (χ3n) is 3.15. The Balaban J connectivity index is 2.04. The van der Waals surface area contributed by atoms with Crippen LogP contribution < -0.4 is 5.73 Å². The number of halogens is 1. The van der Waals surface area contributed by atoms with Gasteiger partial charge in [-0.3, -0.25) is 4.57 Å². The molecule has 4 N–H and O–H groups in total. The molecule has 9 heteroatoms. The summed E-state index contributed by atoms with van der Waals surface area (Å²) in [6.07, 6.45) is -0.312. The highest BCUT2D eigenvalue weighted by Crippen LogP contribution is 2.32. The van der Waals surface area contributed by atoms with Crippen LogP contribution in [0.2, 0.25) is 0 Å². The summed E-state index contributed by atoms with van der Waals surface area (Å²) in [5.41, 5.74) is 6.62. The van der Waals surface area contributed by atoms with Gasteiger partial charge < -0.3 is 20.7 Å². The molecule has 8 nitrogen and oxygen atoms in total. The third kappa shape index (κ3) is 1.96. The summed E-state index contributed by atoms with van der Waals surface area (Å²) in [5, 5.41) is 19.9. The summed E-state index contributed by atoms with van der Waals surface area (Å²) in [6, 6.07) is 0. The Kier molecular flexibility index (Phi) is 3.28. The molecule has 4 atom stereocenters. The zero-order valence-electron chi connectivity index (χ0n) is 9.72. The molecule has 2 aromatic heterocycles.